The Morgan fingerprint density at radius 3 is 2.83 bits per heavy atom. The first kappa shape index (κ1) is 20.5. The summed E-state index contributed by atoms with van der Waals surface area (Å²) in [6.07, 6.45) is 2.53. The van der Waals surface area contributed by atoms with E-state index in [4.69, 9.17) is 9.84 Å². The molecule has 0 unspecified atom stereocenters. The SMILES string of the molecule is Cc1cc(F)c(NC(=O)N2C=CC(=O)C[C@H]2c2cccc(F)c2)cc1OCCO. The van der Waals surface area contributed by atoms with Gasteiger partial charge in [-0.1, -0.05) is 12.1 Å². The Labute approximate surface area is 166 Å². The van der Waals surface area contributed by atoms with Crippen molar-refractivity contribution in [2.45, 2.75) is 19.4 Å². The third kappa shape index (κ3) is 4.78. The van der Waals surface area contributed by atoms with E-state index in [1.54, 1.807) is 13.0 Å². The first-order chi connectivity index (χ1) is 13.9. The minimum atomic E-state index is -0.721. The normalized spacial score (nSPS) is 16.1. The molecule has 8 heteroatoms. The van der Waals surface area contributed by atoms with Crippen molar-refractivity contribution in [3.05, 3.63) is 71.4 Å². The lowest BCUT2D eigenvalue weighted by molar-refractivity contribution is -0.116. The Morgan fingerprint density at radius 1 is 1.31 bits per heavy atom. The summed E-state index contributed by atoms with van der Waals surface area (Å²) in [7, 11) is 0. The van der Waals surface area contributed by atoms with E-state index >= 15 is 0 Å². The monoisotopic (exact) mass is 402 g/mol. The molecule has 0 fully saturated rings. The first-order valence-electron chi connectivity index (χ1n) is 8.98. The highest BCUT2D eigenvalue weighted by Crippen LogP contribution is 2.31. The quantitative estimate of drug-likeness (QED) is 0.799. The molecule has 0 saturated heterocycles. The number of ketones is 1. The van der Waals surface area contributed by atoms with Gasteiger partial charge in [-0.2, -0.15) is 0 Å². The average molecular weight is 402 g/mol. The molecule has 0 aromatic heterocycles. The minimum Gasteiger partial charge on any atom is -0.491 e. The van der Waals surface area contributed by atoms with Gasteiger partial charge in [-0.05, 0) is 42.3 Å². The van der Waals surface area contributed by atoms with Gasteiger partial charge in [-0.15, -0.1) is 0 Å². The number of amides is 2. The number of hydrogen-bond donors (Lipinski definition) is 2. The van der Waals surface area contributed by atoms with Crippen LogP contribution in [-0.4, -0.2) is 35.0 Å². The van der Waals surface area contributed by atoms with Crippen LogP contribution in [0.5, 0.6) is 5.75 Å². The van der Waals surface area contributed by atoms with E-state index in [1.165, 1.54) is 47.5 Å². The van der Waals surface area contributed by atoms with E-state index in [2.05, 4.69) is 5.32 Å². The molecule has 0 radical (unpaired) electrons. The van der Waals surface area contributed by atoms with Crippen LogP contribution in [-0.2, 0) is 4.79 Å². The van der Waals surface area contributed by atoms with Crippen LogP contribution in [0.1, 0.15) is 23.6 Å². The van der Waals surface area contributed by atoms with Crippen molar-refractivity contribution < 1.29 is 28.2 Å². The predicted octanol–water partition coefficient (Wildman–Crippen LogP) is 3.71. The summed E-state index contributed by atoms with van der Waals surface area (Å²) >= 11 is 0. The van der Waals surface area contributed by atoms with Gasteiger partial charge < -0.3 is 15.2 Å². The minimum absolute atomic E-state index is 0.0192. The Kier molecular flexibility index (Phi) is 6.23. The second-order valence-corrected chi connectivity index (χ2v) is 6.56. The van der Waals surface area contributed by atoms with Crippen LogP contribution in [0.3, 0.4) is 0 Å². The zero-order valence-corrected chi connectivity index (χ0v) is 15.7. The fourth-order valence-electron chi connectivity index (χ4n) is 3.07. The van der Waals surface area contributed by atoms with Gasteiger partial charge in [0.05, 0.1) is 18.3 Å². The number of nitrogens with zero attached hydrogens (tertiary/aromatic N) is 1. The van der Waals surface area contributed by atoms with Gasteiger partial charge in [0.1, 0.15) is 24.0 Å². The van der Waals surface area contributed by atoms with Crippen molar-refractivity contribution in [2.24, 2.45) is 0 Å². The Hall–Kier alpha value is -3.26. The maximum atomic E-state index is 14.4. The van der Waals surface area contributed by atoms with Gasteiger partial charge in [0.15, 0.2) is 5.78 Å². The van der Waals surface area contributed by atoms with Crippen molar-refractivity contribution in [3.8, 4) is 5.75 Å². The second kappa shape index (κ2) is 8.83. The number of urea groups is 1. The number of nitrogens with one attached hydrogen (secondary N) is 1. The Morgan fingerprint density at radius 2 is 2.10 bits per heavy atom. The number of aryl methyl sites for hydroxylation is 1. The van der Waals surface area contributed by atoms with Crippen molar-refractivity contribution in [1.82, 2.24) is 4.90 Å². The van der Waals surface area contributed by atoms with Crippen LogP contribution >= 0.6 is 0 Å². The van der Waals surface area contributed by atoms with E-state index in [1.807, 2.05) is 0 Å². The third-order valence-corrected chi connectivity index (χ3v) is 4.47. The second-order valence-electron chi connectivity index (χ2n) is 6.56. The molecule has 1 aliphatic heterocycles. The molecule has 6 nitrogen and oxygen atoms in total. The van der Waals surface area contributed by atoms with Crippen molar-refractivity contribution in [3.63, 3.8) is 0 Å². The van der Waals surface area contributed by atoms with Gasteiger partial charge in [0, 0.05) is 18.7 Å². The number of aliphatic hydroxyl groups is 1. The molecule has 2 aromatic carbocycles. The summed E-state index contributed by atoms with van der Waals surface area (Å²) in [6.45, 7) is 1.46. The largest absolute Gasteiger partial charge is 0.491 e. The lowest BCUT2D eigenvalue weighted by Crippen LogP contribution is -2.37. The summed E-state index contributed by atoms with van der Waals surface area (Å²) in [5, 5.41) is 11.4. The summed E-state index contributed by atoms with van der Waals surface area (Å²) in [5.74, 6) is -1.03. The molecular formula is C21H20F2N2O4. The van der Waals surface area contributed by atoms with Crippen LogP contribution in [0.25, 0.3) is 0 Å². The number of rotatable bonds is 5. The lowest BCUT2D eigenvalue weighted by atomic mass is 9.97. The highest BCUT2D eigenvalue weighted by molar-refractivity contribution is 5.96. The molecule has 2 aromatic rings. The van der Waals surface area contributed by atoms with Crippen molar-refractivity contribution in [2.75, 3.05) is 18.5 Å². The highest BCUT2D eigenvalue weighted by Gasteiger charge is 2.29. The Balaban J connectivity index is 1.86. The van der Waals surface area contributed by atoms with E-state index in [0.717, 1.165) is 0 Å². The van der Waals surface area contributed by atoms with Crippen molar-refractivity contribution in [1.29, 1.82) is 0 Å². The zero-order chi connectivity index (χ0) is 21.0. The predicted molar refractivity (Wildman–Crippen MR) is 102 cm³/mol. The number of halogens is 2. The standard InChI is InChI=1S/C21H20F2N2O4/c1-13-9-17(23)18(12-20(13)29-8-7-26)24-21(28)25-6-5-16(27)11-19(25)14-3-2-4-15(22)10-14/h2-6,9-10,12,19,26H,7-8,11H2,1H3,(H,24,28)/t19-/m0/s1. The van der Waals surface area contributed by atoms with Crippen LogP contribution in [0.2, 0.25) is 0 Å². The first-order valence-corrected chi connectivity index (χ1v) is 8.98. The summed E-state index contributed by atoms with van der Waals surface area (Å²) < 4.78 is 33.3. The number of carbonyl (C=O) groups is 2. The topological polar surface area (TPSA) is 78.9 Å². The number of carbonyl (C=O) groups excluding carboxylic acids is 2. The van der Waals surface area contributed by atoms with Crippen LogP contribution in [0, 0.1) is 18.6 Å². The summed E-state index contributed by atoms with van der Waals surface area (Å²) in [5.41, 5.74) is 0.848. The summed E-state index contributed by atoms with van der Waals surface area (Å²) in [4.78, 5) is 25.9. The van der Waals surface area contributed by atoms with E-state index in [0.29, 0.717) is 16.9 Å². The van der Waals surface area contributed by atoms with E-state index < -0.39 is 23.7 Å². The van der Waals surface area contributed by atoms with Crippen LogP contribution < -0.4 is 10.1 Å². The van der Waals surface area contributed by atoms with E-state index in [9.17, 15) is 18.4 Å². The molecule has 29 heavy (non-hydrogen) atoms. The highest BCUT2D eigenvalue weighted by atomic mass is 19.1. The number of ether oxygens (including phenoxy) is 1. The third-order valence-electron chi connectivity index (χ3n) is 4.47. The fourth-order valence-corrected chi connectivity index (χ4v) is 3.07. The maximum Gasteiger partial charge on any atom is 0.326 e. The smallest absolute Gasteiger partial charge is 0.326 e. The lowest BCUT2D eigenvalue weighted by Gasteiger charge is -2.31. The number of aliphatic hydroxyl groups excluding tert-OH is 1. The molecule has 1 heterocycles. The number of hydrogen-bond acceptors (Lipinski definition) is 4. The van der Waals surface area contributed by atoms with Crippen LogP contribution in [0.4, 0.5) is 19.3 Å². The molecule has 2 amide bonds. The molecule has 0 bridgehead atoms. The van der Waals surface area contributed by atoms with E-state index in [-0.39, 0.29) is 31.1 Å². The molecule has 1 aliphatic rings. The van der Waals surface area contributed by atoms with Gasteiger partial charge in [-0.3, -0.25) is 9.69 Å². The van der Waals surface area contributed by atoms with Gasteiger partial charge >= 0.3 is 6.03 Å². The fraction of sp³-hybridized carbons (Fsp3) is 0.238. The molecule has 0 saturated carbocycles. The number of allylic oxidation sites excluding steroid dienone is 1. The molecule has 2 N–H and O–H groups in total. The van der Waals surface area contributed by atoms with Gasteiger partial charge in [0.25, 0.3) is 0 Å². The summed E-state index contributed by atoms with van der Waals surface area (Å²) in [6, 6.07) is 6.77. The Bertz CT molecular complexity index is 962. The zero-order valence-electron chi connectivity index (χ0n) is 15.7. The molecule has 0 aliphatic carbocycles. The van der Waals surface area contributed by atoms with Crippen molar-refractivity contribution >= 4 is 17.5 Å². The molecule has 152 valence electrons. The van der Waals surface area contributed by atoms with Gasteiger partial charge in [-0.25, -0.2) is 13.6 Å². The van der Waals surface area contributed by atoms with Gasteiger partial charge in [0.2, 0.25) is 0 Å². The molecule has 0 spiro atoms. The number of benzene rings is 2. The number of anilines is 1. The maximum absolute atomic E-state index is 14.4. The van der Waals surface area contributed by atoms with Crippen LogP contribution in [0.15, 0.2) is 48.7 Å². The molecule has 1 atom stereocenters. The molecular weight excluding hydrogens is 382 g/mol. The molecule has 3 rings (SSSR count). The average Bonchev–Trinajstić information content (AvgIpc) is 2.69.